The lowest BCUT2D eigenvalue weighted by atomic mass is 10.2. The number of nitro benzene ring substituents is 1. The van der Waals surface area contributed by atoms with Crippen molar-refractivity contribution >= 4 is 11.4 Å². The van der Waals surface area contributed by atoms with Crippen LogP contribution in [0.15, 0.2) is 18.2 Å². The second-order valence-electron chi connectivity index (χ2n) is 4.12. The summed E-state index contributed by atoms with van der Waals surface area (Å²) in [6.07, 6.45) is 0.871. The highest BCUT2D eigenvalue weighted by atomic mass is 16.6. The van der Waals surface area contributed by atoms with Crippen LogP contribution in [-0.4, -0.2) is 17.6 Å². The lowest BCUT2D eigenvalue weighted by Gasteiger charge is -2.12. The van der Waals surface area contributed by atoms with Crippen molar-refractivity contribution in [3.8, 4) is 5.75 Å². The van der Waals surface area contributed by atoms with Crippen molar-refractivity contribution in [2.75, 3.05) is 11.9 Å². The molecule has 0 saturated carbocycles. The van der Waals surface area contributed by atoms with Gasteiger partial charge in [-0.05, 0) is 20.3 Å². The first-order valence-electron chi connectivity index (χ1n) is 5.71. The van der Waals surface area contributed by atoms with Gasteiger partial charge in [0, 0.05) is 23.9 Å². The highest BCUT2D eigenvalue weighted by molar-refractivity contribution is 5.56. The fourth-order valence-corrected chi connectivity index (χ4v) is 1.41. The minimum atomic E-state index is -0.412. The molecule has 5 nitrogen and oxygen atoms in total. The van der Waals surface area contributed by atoms with Crippen molar-refractivity contribution in [2.24, 2.45) is 0 Å². The lowest BCUT2D eigenvalue weighted by molar-refractivity contribution is -0.384. The maximum atomic E-state index is 10.8. The van der Waals surface area contributed by atoms with Gasteiger partial charge >= 0.3 is 0 Å². The molecule has 5 heteroatoms. The van der Waals surface area contributed by atoms with E-state index in [0.717, 1.165) is 6.42 Å². The Hall–Kier alpha value is -1.78. The summed E-state index contributed by atoms with van der Waals surface area (Å²) in [6.45, 7) is 6.50. The van der Waals surface area contributed by atoms with Crippen molar-refractivity contribution < 1.29 is 9.66 Å². The molecule has 1 aromatic carbocycles. The summed E-state index contributed by atoms with van der Waals surface area (Å²) in [4.78, 5) is 10.4. The van der Waals surface area contributed by atoms with Crippen LogP contribution in [0.4, 0.5) is 11.4 Å². The number of hydrogen-bond acceptors (Lipinski definition) is 4. The first-order valence-corrected chi connectivity index (χ1v) is 5.71. The SMILES string of the molecule is CCCOc1cc(NC(C)C)cc([N+](=O)[O-])c1. The summed E-state index contributed by atoms with van der Waals surface area (Å²) < 4.78 is 5.42. The van der Waals surface area contributed by atoms with Crippen molar-refractivity contribution in [1.82, 2.24) is 0 Å². The maximum Gasteiger partial charge on any atom is 0.275 e. The minimum Gasteiger partial charge on any atom is -0.493 e. The first-order chi connectivity index (χ1) is 8.02. The summed E-state index contributed by atoms with van der Waals surface area (Å²) in [5.41, 5.74) is 0.752. The molecule has 0 atom stereocenters. The van der Waals surface area contributed by atoms with E-state index >= 15 is 0 Å². The molecule has 0 radical (unpaired) electrons. The van der Waals surface area contributed by atoms with Gasteiger partial charge in [-0.15, -0.1) is 0 Å². The van der Waals surface area contributed by atoms with Gasteiger partial charge < -0.3 is 10.1 Å². The van der Waals surface area contributed by atoms with Crippen LogP contribution >= 0.6 is 0 Å². The fraction of sp³-hybridized carbons (Fsp3) is 0.500. The molecule has 0 amide bonds. The summed E-state index contributed by atoms with van der Waals surface area (Å²) in [5.74, 6) is 0.532. The average molecular weight is 238 g/mol. The number of nitro groups is 1. The van der Waals surface area contributed by atoms with Crippen molar-refractivity contribution in [2.45, 2.75) is 33.2 Å². The van der Waals surface area contributed by atoms with E-state index in [2.05, 4.69) is 5.32 Å². The first kappa shape index (κ1) is 13.3. The van der Waals surface area contributed by atoms with Crippen LogP contribution in [0.25, 0.3) is 0 Å². The smallest absolute Gasteiger partial charge is 0.275 e. The number of anilines is 1. The summed E-state index contributed by atoms with van der Waals surface area (Å²) in [7, 11) is 0. The number of non-ortho nitro benzene ring substituents is 1. The maximum absolute atomic E-state index is 10.8. The van der Waals surface area contributed by atoms with E-state index in [4.69, 9.17) is 4.74 Å². The third-order valence-corrected chi connectivity index (χ3v) is 2.03. The van der Waals surface area contributed by atoms with Gasteiger partial charge in [-0.2, -0.15) is 0 Å². The van der Waals surface area contributed by atoms with Crippen LogP contribution in [-0.2, 0) is 0 Å². The molecule has 1 rings (SSSR count). The largest absolute Gasteiger partial charge is 0.493 e. The molecule has 0 bridgehead atoms. The minimum absolute atomic E-state index is 0.0433. The zero-order valence-corrected chi connectivity index (χ0v) is 10.4. The highest BCUT2D eigenvalue weighted by Crippen LogP contribution is 2.26. The molecule has 0 aliphatic heterocycles. The Morgan fingerprint density at radius 1 is 1.41 bits per heavy atom. The van der Waals surface area contributed by atoms with Gasteiger partial charge in [-0.25, -0.2) is 0 Å². The molecule has 0 unspecified atom stereocenters. The molecule has 1 aromatic rings. The number of nitrogens with zero attached hydrogens (tertiary/aromatic N) is 1. The molecule has 1 N–H and O–H groups in total. The lowest BCUT2D eigenvalue weighted by Crippen LogP contribution is -2.10. The number of rotatable bonds is 6. The molecule has 0 heterocycles. The monoisotopic (exact) mass is 238 g/mol. The molecule has 0 saturated heterocycles. The number of nitrogens with one attached hydrogen (secondary N) is 1. The summed E-state index contributed by atoms with van der Waals surface area (Å²) in [5, 5.41) is 13.9. The standard InChI is InChI=1S/C12H18N2O3/c1-4-5-17-12-7-10(13-9(2)3)6-11(8-12)14(15)16/h6-9,13H,4-5H2,1-3H3. The van der Waals surface area contributed by atoms with Crippen molar-refractivity contribution in [3.63, 3.8) is 0 Å². The third kappa shape index (κ3) is 4.30. The van der Waals surface area contributed by atoms with Crippen LogP contribution in [0, 0.1) is 10.1 Å². The Balaban J connectivity index is 2.96. The molecule has 0 fully saturated rings. The second kappa shape index (κ2) is 6.08. The van der Waals surface area contributed by atoms with Crippen LogP contribution < -0.4 is 10.1 Å². The van der Waals surface area contributed by atoms with Crippen LogP contribution in [0.1, 0.15) is 27.2 Å². The third-order valence-electron chi connectivity index (χ3n) is 2.03. The fourth-order valence-electron chi connectivity index (χ4n) is 1.41. The van der Waals surface area contributed by atoms with E-state index in [0.29, 0.717) is 18.0 Å². The van der Waals surface area contributed by atoms with Gasteiger partial charge in [0.25, 0.3) is 5.69 Å². The normalized spacial score (nSPS) is 10.4. The Bertz CT molecular complexity index is 391. The van der Waals surface area contributed by atoms with Gasteiger partial charge in [-0.3, -0.25) is 10.1 Å². The quantitative estimate of drug-likeness (QED) is 0.610. The Morgan fingerprint density at radius 3 is 2.65 bits per heavy atom. The predicted molar refractivity (Wildman–Crippen MR) is 67.6 cm³/mol. The van der Waals surface area contributed by atoms with E-state index in [1.54, 1.807) is 6.07 Å². The molecular weight excluding hydrogens is 220 g/mol. The van der Waals surface area contributed by atoms with Gasteiger partial charge in [0.15, 0.2) is 0 Å². The van der Waals surface area contributed by atoms with Crippen LogP contribution in [0.3, 0.4) is 0 Å². The molecule has 0 aliphatic carbocycles. The highest BCUT2D eigenvalue weighted by Gasteiger charge is 2.11. The van der Waals surface area contributed by atoms with Gasteiger partial charge in [0.2, 0.25) is 0 Å². The van der Waals surface area contributed by atoms with Crippen LogP contribution in [0.2, 0.25) is 0 Å². The second-order valence-corrected chi connectivity index (χ2v) is 4.12. The summed E-state index contributed by atoms with van der Waals surface area (Å²) in [6, 6.07) is 4.96. The zero-order valence-electron chi connectivity index (χ0n) is 10.4. The van der Waals surface area contributed by atoms with E-state index in [1.807, 2.05) is 20.8 Å². The Morgan fingerprint density at radius 2 is 2.12 bits per heavy atom. The van der Waals surface area contributed by atoms with Crippen molar-refractivity contribution in [1.29, 1.82) is 0 Å². The molecular formula is C12H18N2O3. The van der Waals surface area contributed by atoms with Crippen LogP contribution in [0.5, 0.6) is 5.75 Å². The average Bonchev–Trinajstić information content (AvgIpc) is 2.25. The Labute approximate surface area is 101 Å². The van der Waals surface area contributed by atoms with E-state index in [1.165, 1.54) is 12.1 Å². The van der Waals surface area contributed by atoms with Gasteiger partial charge in [-0.1, -0.05) is 6.92 Å². The van der Waals surface area contributed by atoms with Gasteiger partial charge in [0.1, 0.15) is 5.75 Å². The molecule has 17 heavy (non-hydrogen) atoms. The van der Waals surface area contributed by atoms with E-state index < -0.39 is 4.92 Å². The van der Waals surface area contributed by atoms with Gasteiger partial charge in [0.05, 0.1) is 17.6 Å². The van der Waals surface area contributed by atoms with E-state index in [9.17, 15) is 10.1 Å². The molecule has 94 valence electrons. The topological polar surface area (TPSA) is 64.4 Å². The van der Waals surface area contributed by atoms with Crippen molar-refractivity contribution in [3.05, 3.63) is 28.3 Å². The number of hydrogen-bond donors (Lipinski definition) is 1. The molecule has 0 aliphatic rings. The Kier molecular flexibility index (Phi) is 4.75. The zero-order chi connectivity index (χ0) is 12.8. The molecule has 0 aromatic heterocycles. The summed E-state index contributed by atoms with van der Waals surface area (Å²) >= 11 is 0. The number of benzene rings is 1. The van der Waals surface area contributed by atoms with E-state index in [-0.39, 0.29) is 11.7 Å². The number of ether oxygens (including phenoxy) is 1. The predicted octanol–water partition coefficient (Wildman–Crippen LogP) is 3.20. The molecule has 0 spiro atoms.